The number of hydrogen-bond acceptors (Lipinski definition) is 4. The number of ether oxygens (including phenoxy) is 1. The molecule has 0 saturated carbocycles. The highest BCUT2D eigenvalue weighted by molar-refractivity contribution is 5.85. The molecule has 1 fully saturated rings. The van der Waals surface area contributed by atoms with E-state index in [9.17, 15) is 0 Å². The number of methoxy groups -OCH3 is 1. The van der Waals surface area contributed by atoms with E-state index in [0.717, 1.165) is 31.7 Å². The second-order valence-corrected chi connectivity index (χ2v) is 9.32. The van der Waals surface area contributed by atoms with Gasteiger partial charge in [0.2, 0.25) is 0 Å². The monoisotopic (exact) mass is 457 g/mol. The maximum atomic E-state index is 5.49. The minimum absolute atomic E-state index is 0.261. The SMILES string of the molecule is COC[C@H](NC1CCN(CCCc2c[nH]c3ccc(-n4ccnc4)cc23)CC1)c1ccccc1. The molecule has 0 unspecified atom stereocenters. The van der Waals surface area contributed by atoms with E-state index < -0.39 is 0 Å². The molecule has 0 bridgehead atoms. The number of fused-ring (bicyclic) bond motifs is 1. The van der Waals surface area contributed by atoms with Crippen LogP contribution in [0.2, 0.25) is 0 Å². The van der Waals surface area contributed by atoms with Crippen molar-refractivity contribution in [3.63, 3.8) is 0 Å². The highest BCUT2D eigenvalue weighted by Crippen LogP contribution is 2.24. The van der Waals surface area contributed by atoms with Gasteiger partial charge in [0.1, 0.15) is 0 Å². The van der Waals surface area contributed by atoms with Crippen LogP contribution in [0.15, 0.2) is 73.4 Å². The van der Waals surface area contributed by atoms with Gasteiger partial charge in [0, 0.05) is 48.3 Å². The first kappa shape index (κ1) is 22.8. The maximum absolute atomic E-state index is 5.49. The normalized spacial score (nSPS) is 16.3. The van der Waals surface area contributed by atoms with Crippen LogP contribution in [0.4, 0.5) is 0 Å². The molecule has 3 heterocycles. The predicted molar refractivity (Wildman–Crippen MR) is 137 cm³/mol. The van der Waals surface area contributed by atoms with Crippen LogP contribution in [0.1, 0.15) is 36.4 Å². The Morgan fingerprint density at radius 1 is 1.15 bits per heavy atom. The van der Waals surface area contributed by atoms with Crippen LogP contribution in [0.5, 0.6) is 0 Å². The molecule has 2 aromatic carbocycles. The van der Waals surface area contributed by atoms with E-state index in [2.05, 4.69) is 79.5 Å². The molecule has 2 aromatic heterocycles. The van der Waals surface area contributed by atoms with Gasteiger partial charge in [-0.1, -0.05) is 30.3 Å². The summed E-state index contributed by atoms with van der Waals surface area (Å²) in [5, 5.41) is 5.17. The summed E-state index contributed by atoms with van der Waals surface area (Å²) in [6, 6.07) is 18.0. The number of imidazole rings is 1. The first-order valence-electron chi connectivity index (χ1n) is 12.4. The molecule has 0 amide bonds. The van der Waals surface area contributed by atoms with Gasteiger partial charge in [-0.3, -0.25) is 0 Å². The van der Waals surface area contributed by atoms with Crippen LogP contribution in [-0.2, 0) is 11.2 Å². The Morgan fingerprint density at radius 3 is 2.76 bits per heavy atom. The van der Waals surface area contributed by atoms with Crippen molar-refractivity contribution >= 4 is 10.9 Å². The number of aromatic nitrogens is 3. The van der Waals surface area contributed by atoms with Crippen LogP contribution in [-0.4, -0.2) is 58.8 Å². The maximum Gasteiger partial charge on any atom is 0.0991 e. The average Bonchev–Trinajstić information content (AvgIpc) is 3.56. The Kier molecular flexibility index (Phi) is 7.39. The van der Waals surface area contributed by atoms with Crippen molar-refractivity contribution in [2.45, 2.75) is 37.8 Å². The van der Waals surface area contributed by atoms with Gasteiger partial charge in [-0.15, -0.1) is 0 Å². The molecule has 0 aliphatic carbocycles. The Balaban J connectivity index is 1.11. The summed E-state index contributed by atoms with van der Waals surface area (Å²) in [7, 11) is 1.78. The molecule has 34 heavy (non-hydrogen) atoms. The van der Waals surface area contributed by atoms with Crippen LogP contribution >= 0.6 is 0 Å². The van der Waals surface area contributed by atoms with Crippen LogP contribution in [0.3, 0.4) is 0 Å². The topological polar surface area (TPSA) is 58.1 Å². The van der Waals surface area contributed by atoms with Crippen LogP contribution in [0.25, 0.3) is 16.6 Å². The number of benzene rings is 2. The lowest BCUT2D eigenvalue weighted by Gasteiger charge is -2.34. The average molecular weight is 458 g/mol. The number of H-pyrrole nitrogens is 1. The molecule has 2 N–H and O–H groups in total. The molecule has 1 atom stereocenters. The van der Waals surface area contributed by atoms with E-state index in [0.29, 0.717) is 12.6 Å². The fourth-order valence-corrected chi connectivity index (χ4v) is 5.14. The lowest BCUT2D eigenvalue weighted by molar-refractivity contribution is 0.141. The first-order chi connectivity index (χ1) is 16.8. The van der Waals surface area contributed by atoms with Crippen molar-refractivity contribution in [3.8, 4) is 5.69 Å². The molecule has 178 valence electrons. The van der Waals surface area contributed by atoms with Crippen molar-refractivity contribution in [2.75, 3.05) is 33.4 Å². The minimum Gasteiger partial charge on any atom is -0.383 e. The number of aromatic amines is 1. The Morgan fingerprint density at radius 2 is 2.00 bits per heavy atom. The molecule has 6 heteroatoms. The minimum atomic E-state index is 0.261. The number of likely N-dealkylation sites (tertiary alicyclic amines) is 1. The van der Waals surface area contributed by atoms with Gasteiger partial charge in [0.15, 0.2) is 0 Å². The Labute approximate surface area is 202 Å². The molecule has 5 rings (SSSR count). The van der Waals surface area contributed by atoms with Crippen molar-refractivity contribution in [3.05, 3.63) is 84.6 Å². The first-order valence-corrected chi connectivity index (χ1v) is 12.4. The largest absolute Gasteiger partial charge is 0.383 e. The van der Waals surface area contributed by atoms with Gasteiger partial charge >= 0.3 is 0 Å². The molecule has 1 aliphatic rings. The smallest absolute Gasteiger partial charge is 0.0991 e. The zero-order valence-electron chi connectivity index (χ0n) is 20.0. The summed E-state index contributed by atoms with van der Waals surface area (Å²) >= 11 is 0. The zero-order valence-corrected chi connectivity index (χ0v) is 20.0. The number of aryl methyl sites for hydroxylation is 1. The fourth-order valence-electron chi connectivity index (χ4n) is 5.14. The third-order valence-electron chi connectivity index (χ3n) is 7.03. The molecule has 0 radical (unpaired) electrons. The number of piperidine rings is 1. The Hall–Kier alpha value is -2.93. The lowest BCUT2D eigenvalue weighted by Crippen LogP contribution is -2.44. The van der Waals surface area contributed by atoms with Crippen molar-refractivity contribution in [1.82, 2.24) is 24.8 Å². The van der Waals surface area contributed by atoms with Gasteiger partial charge in [0.25, 0.3) is 0 Å². The highest BCUT2D eigenvalue weighted by atomic mass is 16.5. The summed E-state index contributed by atoms with van der Waals surface area (Å²) in [6.07, 6.45) is 12.5. The van der Waals surface area contributed by atoms with Crippen molar-refractivity contribution < 1.29 is 4.74 Å². The van der Waals surface area contributed by atoms with Crippen molar-refractivity contribution in [2.24, 2.45) is 0 Å². The second kappa shape index (κ2) is 11.0. The summed E-state index contributed by atoms with van der Waals surface area (Å²) in [5.74, 6) is 0. The van der Waals surface area contributed by atoms with E-state index in [1.165, 1.54) is 41.3 Å². The fraction of sp³-hybridized carbons (Fsp3) is 0.393. The Bertz CT molecular complexity index is 1150. The molecule has 6 nitrogen and oxygen atoms in total. The molecule has 1 aliphatic heterocycles. The van der Waals surface area contributed by atoms with Crippen molar-refractivity contribution in [1.29, 1.82) is 0 Å². The summed E-state index contributed by atoms with van der Waals surface area (Å²) in [6.45, 7) is 4.17. The molecular formula is C28H35N5O. The number of hydrogen-bond donors (Lipinski definition) is 2. The molecular weight excluding hydrogens is 422 g/mol. The molecule has 4 aromatic rings. The van der Waals surface area contributed by atoms with E-state index in [4.69, 9.17) is 4.74 Å². The van der Waals surface area contributed by atoms with Crippen LogP contribution in [0, 0.1) is 0 Å². The van der Waals surface area contributed by atoms with Gasteiger partial charge in [-0.05, 0) is 74.6 Å². The highest BCUT2D eigenvalue weighted by Gasteiger charge is 2.22. The predicted octanol–water partition coefficient (Wildman–Crippen LogP) is 4.73. The number of rotatable bonds is 10. The summed E-state index contributed by atoms with van der Waals surface area (Å²) in [5.41, 5.74) is 5.07. The standard InChI is InChI=1S/C28H35N5O/c1-34-20-28(22-6-3-2-4-7-22)31-24-11-15-32(16-12-24)14-5-8-23-19-30-27-10-9-25(18-26(23)27)33-17-13-29-21-33/h2-4,6-7,9-10,13,17-19,21,24,28,30-31H,5,8,11-12,14-16,20H2,1H3/t28-/m0/s1. The number of nitrogens with one attached hydrogen (secondary N) is 2. The van der Waals surface area contributed by atoms with Gasteiger partial charge < -0.3 is 24.5 Å². The third-order valence-corrected chi connectivity index (χ3v) is 7.03. The molecule has 0 spiro atoms. The lowest BCUT2D eigenvalue weighted by atomic mass is 10.0. The molecule has 1 saturated heterocycles. The van der Waals surface area contributed by atoms with Gasteiger partial charge in [0.05, 0.1) is 19.0 Å². The third kappa shape index (κ3) is 5.41. The quantitative estimate of drug-likeness (QED) is 0.362. The van der Waals surface area contributed by atoms with E-state index in [1.54, 1.807) is 7.11 Å². The van der Waals surface area contributed by atoms with Crippen LogP contribution < -0.4 is 5.32 Å². The van der Waals surface area contributed by atoms with Gasteiger partial charge in [-0.25, -0.2) is 4.98 Å². The van der Waals surface area contributed by atoms with E-state index >= 15 is 0 Å². The summed E-state index contributed by atoms with van der Waals surface area (Å²) in [4.78, 5) is 10.2. The van der Waals surface area contributed by atoms with Gasteiger partial charge in [-0.2, -0.15) is 0 Å². The number of nitrogens with zero attached hydrogens (tertiary/aromatic N) is 3. The van der Waals surface area contributed by atoms with E-state index in [-0.39, 0.29) is 6.04 Å². The second-order valence-electron chi connectivity index (χ2n) is 9.32. The summed E-state index contributed by atoms with van der Waals surface area (Å²) < 4.78 is 7.55. The zero-order chi connectivity index (χ0) is 23.2. The van der Waals surface area contributed by atoms with E-state index in [1.807, 2.05) is 18.7 Å².